The molecule has 1 aromatic carbocycles. The van der Waals surface area contributed by atoms with E-state index in [-0.39, 0.29) is 6.04 Å². The van der Waals surface area contributed by atoms with E-state index < -0.39 is 0 Å². The molecule has 4 heteroatoms. The third-order valence-electron chi connectivity index (χ3n) is 2.58. The van der Waals surface area contributed by atoms with Gasteiger partial charge in [-0.25, -0.2) is 0 Å². The van der Waals surface area contributed by atoms with Gasteiger partial charge in [0.15, 0.2) is 4.67 Å². The molecule has 2 aromatic rings. The van der Waals surface area contributed by atoms with Crippen molar-refractivity contribution in [3.05, 3.63) is 57.4 Å². The van der Waals surface area contributed by atoms with Crippen LogP contribution in [0.25, 0.3) is 0 Å². The maximum Gasteiger partial charge on any atom is 0.169 e. The van der Waals surface area contributed by atoms with Crippen molar-refractivity contribution in [2.45, 2.75) is 19.5 Å². The summed E-state index contributed by atoms with van der Waals surface area (Å²) in [6.45, 7) is 2.82. The molecule has 0 spiro atoms. The SMILES string of the molecule is CC(NCc1ccc(Br)o1)c1ccc(Cl)cc1. The van der Waals surface area contributed by atoms with Crippen molar-refractivity contribution < 1.29 is 4.42 Å². The highest BCUT2D eigenvalue weighted by atomic mass is 79.9. The maximum absolute atomic E-state index is 5.85. The van der Waals surface area contributed by atoms with Gasteiger partial charge in [-0.2, -0.15) is 0 Å². The zero-order valence-electron chi connectivity index (χ0n) is 9.41. The fraction of sp³-hybridized carbons (Fsp3) is 0.231. The van der Waals surface area contributed by atoms with Crippen LogP contribution in [0.1, 0.15) is 24.3 Å². The van der Waals surface area contributed by atoms with Crippen LogP contribution in [0.2, 0.25) is 5.02 Å². The van der Waals surface area contributed by atoms with Gasteiger partial charge in [-0.3, -0.25) is 0 Å². The lowest BCUT2D eigenvalue weighted by molar-refractivity contribution is 0.447. The van der Waals surface area contributed by atoms with Gasteiger partial charge in [0, 0.05) is 11.1 Å². The molecule has 0 bridgehead atoms. The van der Waals surface area contributed by atoms with E-state index in [9.17, 15) is 0 Å². The normalized spacial score (nSPS) is 12.6. The first-order chi connectivity index (χ1) is 8.15. The average Bonchev–Trinajstić information content (AvgIpc) is 2.73. The molecule has 0 saturated heterocycles. The molecule has 2 rings (SSSR count). The smallest absolute Gasteiger partial charge is 0.169 e. The number of furan rings is 1. The molecule has 1 aromatic heterocycles. The second-order valence-electron chi connectivity index (χ2n) is 3.86. The highest BCUT2D eigenvalue weighted by molar-refractivity contribution is 9.10. The third-order valence-corrected chi connectivity index (χ3v) is 3.26. The zero-order chi connectivity index (χ0) is 12.3. The lowest BCUT2D eigenvalue weighted by Gasteiger charge is -2.13. The number of rotatable bonds is 4. The predicted molar refractivity (Wildman–Crippen MR) is 73.1 cm³/mol. The van der Waals surface area contributed by atoms with Gasteiger partial charge in [-0.05, 0) is 52.7 Å². The molecule has 0 aliphatic rings. The van der Waals surface area contributed by atoms with Gasteiger partial charge < -0.3 is 9.73 Å². The topological polar surface area (TPSA) is 25.2 Å². The van der Waals surface area contributed by atoms with Crippen LogP contribution in [0.3, 0.4) is 0 Å². The van der Waals surface area contributed by atoms with Crippen LogP contribution in [0, 0.1) is 0 Å². The second kappa shape index (κ2) is 5.71. The predicted octanol–water partition coefficient (Wildman–Crippen LogP) is 4.55. The van der Waals surface area contributed by atoms with Crippen molar-refractivity contribution in [3.63, 3.8) is 0 Å². The monoisotopic (exact) mass is 313 g/mol. The summed E-state index contributed by atoms with van der Waals surface area (Å²) in [4.78, 5) is 0. The van der Waals surface area contributed by atoms with Crippen LogP contribution in [0.15, 0.2) is 45.5 Å². The van der Waals surface area contributed by atoms with Crippen LogP contribution in [-0.4, -0.2) is 0 Å². The Hall–Kier alpha value is -0.770. The molecule has 1 atom stereocenters. The number of benzene rings is 1. The van der Waals surface area contributed by atoms with Crippen molar-refractivity contribution in [1.82, 2.24) is 5.32 Å². The van der Waals surface area contributed by atoms with Crippen LogP contribution >= 0.6 is 27.5 Å². The lowest BCUT2D eigenvalue weighted by Crippen LogP contribution is -2.17. The molecule has 1 N–H and O–H groups in total. The first-order valence-electron chi connectivity index (χ1n) is 5.38. The van der Waals surface area contributed by atoms with Crippen LogP contribution < -0.4 is 5.32 Å². The van der Waals surface area contributed by atoms with E-state index in [2.05, 4.69) is 28.2 Å². The second-order valence-corrected chi connectivity index (χ2v) is 5.08. The molecule has 2 nitrogen and oxygen atoms in total. The fourth-order valence-electron chi connectivity index (χ4n) is 1.57. The van der Waals surface area contributed by atoms with Gasteiger partial charge in [-0.15, -0.1) is 0 Å². The molecule has 0 aliphatic heterocycles. The Morgan fingerprint density at radius 2 is 1.94 bits per heavy atom. The standard InChI is InChI=1S/C13H13BrClNO/c1-9(10-2-4-11(15)5-3-10)16-8-12-6-7-13(14)17-12/h2-7,9,16H,8H2,1H3. The van der Waals surface area contributed by atoms with Crippen molar-refractivity contribution in [1.29, 1.82) is 0 Å². The minimum Gasteiger partial charge on any atom is -0.453 e. The quantitative estimate of drug-likeness (QED) is 0.896. The Morgan fingerprint density at radius 3 is 2.53 bits per heavy atom. The molecule has 90 valence electrons. The van der Waals surface area contributed by atoms with E-state index in [4.69, 9.17) is 16.0 Å². The first-order valence-corrected chi connectivity index (χ1v) is 6.55. The van der Waals surface area contributed by atoms with Crippen molar-refractivity contribution in [2.75, 3.05) is 0 Å². The van der Waals surface area contributed by atoms with E-state index in [1.807, 2.05) is 36.4 Å². The molecule has 1 heterocycles. The Morgan fingerprint density at radius 1 is 1.24 bits per heavy atom. The largest absolute Gasteiger partial charge is 0.453 e. The van der Waals surface area contributed by atoms with Gasteiger partial charge in [0.25, 0.3) is 0 Å². The van der Waals surface area contributed by atoms with Gasteiger partial charge in [0.2, 0.25) is 0 Å². The van der Waals surface area contributed by atoms with Crippen molar-refractivity contribution in [2.24, 2.45) is 0 Å². The van der Waals surface area contributed by atoms with Gasteiger partial charge in [-0.1, -0.05) is 23.7 Å². The highest BCUT2D eigenvalue weighted by Crippen LogP contribution is 2.18. The summed E-state index contributed by atoms with van der Waals surface area (Å²) in [7, 11) is 0. The van der Waals surface area contributed by atoms with Crippen molar-refractivity contribution >= 4 is 27.5 Å². The molecule has 17 heavy (non-hydrogen) atoms. The molecular formula is C13H13BrClNO. The Kier molecular flexibility index (Phi) is 4.26. The van der Waals surface area contributed by atoms with Crippen molar-refractivity contribution in [3.8, 4) is 0 Å². The van der Waals surface area contributed by atoms with E-state index >= 15 is 0 Å². The highest BCUT2D eigenvalue weighted by Gasteiger charge is 2.06. The average molecular weight is 315 g/mol. The van der Waals surface area contributed by atoms with E-state index in [1.165, 1.54) is 5.56 Å². The molecule has 1 unspecified atom stereocenters. The summed E-state index contributed by atoms with van der Waals surface area (Å²) in [5, 5.41) is 4.15. The number of hydrogen-bond acceptors (Lipinski definition) is 2. The van der Waals surface area contributed by atoms with Crippen LogP contribution in [0.5, 0.6) is 0 Å². The van der Waals surface area contributed by atoms with E-state index in [0.717, 1.165) is 15.5 Å². The minimum absolute atomic E-state index is 0.260. The van der Waals surface area contributed by atoms with E-state index in [1.54, 1.807) is 0 Å². The summed E-state index contributed by atoms with van der Waals surface area (Å²) >= 11 is 9.13. The fourth-order valence-corrected chi connectivity index (χ4v) is 2.04. The number of halogens is 2. The minimum atomic E-state index is 0.260. The third kappa shape index (κ3) is 3.60. The summed E-state index contributed by atoms with van der Waals surface area (Å²) in [5.74, 6) is 0.915. The number of nitrogens with one attached hydrogen (secondary N) is 1. The molecule has 0 fully saturated rings. The Labute approximate surface area is 114 Å². The first kappa shape index (κ1) is 12.7. The van der Waals surface area contributed by atoms with Gasteiger partial charge in [0.05, 0.1) is 6.54 Å². The Balaban J connectivity index is 1.93. The number of hydrogen-bond donors (Lipinski definition) is 1. The summed E-state index contributed by atoms with van der Waals surface area (Å²) in [6, 6.07) is 12.0. The molecular weight excluding hydrogens is 302 g/mol. The summed E-state index contributed by atoms with van der Waals surface area (Å²) in [6.07, 6.45) is 0. The molecule has 0 aliphatic carbocycles. The van der Waals surface area contributed by atoms with E-state index in [0.29, 0.717) is 6.54 Å². The maximum atomic E-state index is 5.85. The Bertz CT molecular complexity index is 480. The zero-order valence-corrected chi connectivity index (χ0v) is 11.8. The van der Waals surface area contributed by atoms with Crippen LogP contribution in [-0.2, 0) is 6.54 Å². The van der Waals surface area contributed by atoms with Crippen LogP contribution in [0.4, 0.5) is 0 Å². The molecule has 0 radical (unpaired) electrons. The van der Waals surface area contributed by atoms with Gasteiger partial charge >= 0.3 is 0 Å². The summed E-state index contributed by atoms with van der Waals surface area (Å²) in [5.41, 5.74) is 1.21. The summed E-state index contributed by atoms with van der Waals surface area (Å²) < 4.78 is 6.18. The molecule has 0 saturated carbocycles. The van der Waals surface area contributed by atoms with Gasteiger partial charge in [0.1, 0.15) is 5.76 Å². The molecule has 0 amide bonds. The lowest BCUT2D eigenvalue weighted by atomic mass is 10.1.